The van der Waals surface area contributed by atoms with Crippen LogP contribution in [0.3, 0.4) is 0 Å². The van der Waals surface area contributed by atoms with E-state index < -0.39 is 0 Å². The molecule has 1 aliphatic rings. The highest BCUT2D eigenvalue weighted by Gasteiger charge is 2.31. The maximum absolute atomic E-state index is 11.1. The molecular weight excluding hydrogens is 234 g/mol. The molecule has 0 unspecified atom stereocenters. The zero-order chi connectivity index (χ0) is 11.3. The van der Waals surface area contributed by atoms with E-state index in [1.54, 1.807) is 0 Å². The molecule has 2 atom stereocenters. The molecule has 5 nitrogen and oxygen atoms in total. The van der Waals surface area contributed by atoms with Gasteiger partial charge in [0.15, 0.2) is 0 Å². The number of hydrogen-bond acceptors (Lipinski definition) is 5. The minimum Gasteiger partial charge on any atom is -0.469 e. The van der Waals surface area contributed by atoms with Gasteiger partial charge in [-0.3, -0.25) is 9.59 Å². The first-order valence-corrected chi connectivity index (χ1v) is 5.01. The summed E-state index contributed by atoms with van der Waals surface area (Å²) in [6.07, 6.45) is 0.732. The van der Waals surface area contributed by atoms with Crippen molar-refractivity contribution in [2.75, 3.05) is 27.3 Å². The molecule has 6 heteroatoms. The van der Waals surface area contributed by atoms with Gasteiger partial charge in [0, 0.05) is 12.8 Å². The van der Waals surface area contributed by atoms with Gasteiger partial charge in [-0.1, -0.05) is 0 Å². The molecule has 0 aromatic rings. The first-order valence-electron chi connectivity index (χ1n) is 5.01. The first-order chi connectivity index (χ1) is 7.17. The number of hydrogen-bond donors (Lipinski definition) is 1. The van der Waals surface area contributed by atoms with Crippen molar-refractivity contribution in [3.05, 3.63) is 0 Å². The Bertz CT molecular complexity index is 223. The van der Waals surface area contributed by atoms with Crippen molar-refractivity contribution in [3.63, 3.8) is 0 Å². The van der Waals surface area contributed by atoms with E-state index in [2.05, 4.69) is 14.8 Å². The number of carbonyl (C=O) groups excluding carboxylic acids is 2. The van der Waals surface area contributed by atoms with Gasteiger partial charge in [0.2, 0.25) is 0 Å². The van der Waals surface area contributed by atoms with Crippen LogP contribution in [0.1, 0.15) is 12.8 Å². The van der Waals surface area contributed by atoms with E-state index in [0.29, 0.717) is 12.8 Å². The topological polar surface area (TPSA) is 64.6 Å². The van der Waals surface area contributed by atoms with E-state index in [-0.39, 0.29) is 36.2 Å². The Labute approximate surface area is 101 Å². The average molecular weight is 252 g/mol. The normalized spacial score (nSPS) is 23.4. The van der Waals surface area contributed by atoms with E-state index in [0.717, 1.165) is 13.1 Å². The van der Waals surface area contributed by atoms with Crippen LogP contribution in [0.15, 0.2) is 0 Å². The van der Waals surface area contributed by atoms with Crippen LogP contribution in [-0.2, 0) is 19.1 Å². The second-order valence-electron chi connectivity index (χ2n) is 3.74. The van der Waals surface area contributed by atoms with Gasteiger partial charge in [-0.2, -0.15) is 0 Å². The van der Waals surface area contributed by atoms with E-state index in [4.69, 9.17) is 0 Å². The fourth-order valence-corrected chi connectivity index (χ4v) is 1.86. The lowest BCUT2D eigenvalue weighted by Crippen LogP contribution is -2.20. The Kier molecular flexibility index (Phi) is 7.08. The number of esters is 2. The van der Waals surface area contributed by atoms with Gasteiger partial charge in [0.1, 0.15) is 0 Å². The Morgan fingerprint density at radius 2 is 1.44 bits per heavy atom. The number of methoxy groups -OCH3 is 2. The molecular formula is C10H18ClNO4. The zero-order valence-corrected chi connectivity index (χ0v) is 10.3. The standard InChI is InChI=1S/C10H17NO4.ClH/c1-14-9(12)3-7-5-11-6-8(7)4-10(13)15-2;/h7-8,11H,3-6H2,1-2H3;1H/t7-,8-;/m1./s1. The van der Waals surface area contributed by atoms with Crippen molar-refractivity contribution in [2.24, 2.45) is 11.8 Å². The van der Waals surface area contributed by atoms with Gasteiger partial charge in [-0.25, -0.2) is 0 Å². The molecule has 16 heavy (non-hydrogen) atoms. The molecule has 1 saturated heterocycles. The summed E-state index contributed by atoms with van der Waals surface area (Å²) >= 11 is 0. The van der Waals surface area contributed by atoms with Crippen molar-refractivity contribution in [1.29, 1.82) is 0 Å². The lowest BCUT2D eigenvalue weighted by atomic mass is 9.90. The highest BCUT2D eigenvalue weighted by Crippen LogP contribution is 2.24. The van der Waals surface area contributed by atoms with Crippen LogP contribution in [-0.4, -0.2) is 39.2 Å². The van der Waals surface area contributed by atoms with E-state index >= 15 is 0 Å². The molecule has 1 aliphatic heterocycles. The molecule has 0 aromatic carbocycles. The minimum atomic E-state index is -0.224. The Balaban J connectivity index is 0.00000225. The van der Waals surface area contributed by atoms with Crippen molar-refractivity contribution in [2.45, 2.75) is 12.8 Å². The average Bonchev–Trinajstić information content (AvgIpc) is 2.65. The summed E-state index contributed by atoms with van der Waals surface area (Å²) in [6, 6.07) is 0. The predicted octanol–water partition coefficient (Wildman–Crippen LogP) is 0.370. The third-order valence-corrected chi connectivity index (χ3v) is 2.79. The molecule has 0 spiro atoms. The lowest BCUT2D eigenvalue weighted by Gasteiger charge is -2.15. The Hall–Kier alpha value is -0.810. The van der Waals surface area contributed by atoms with Gasteiger partial charge in [0.25, 0.3) is 0 Å². The minimum absolute atomic E-state index is 0. The fourth-order valence-electron chi connectivity index (χ4n) is 1.86. The largest absolute Gasteiger partial charge is 0.469 e. The predicted molar refractivity (Wildman–Crippen MR) is 60.4 cm³/mol. The highest BCUT2D eigenvalue weighted by molar-refractivity contribution is 5.85. The van der Waals surface area contributed by atoms with Gasteiger partial charge >= 0.3 is 11.9 Å². The van der Waals surface area contributed by atoms with Gasteiger partial charge in [-0.15, -0.1) is 12.4 Å². The van der Waals surface area contributed by atoms with Crippen LogP contribution >= 0.6 is 12.4 Å². The third-order valence-electron chi connectivity index (χ3n) is 2.79. The van der Waals surface area contributed by atoms with Crippen LogP contribution in [0, 0.1) is 11.8 Å². The number of nitrogens with one attached hydrogen (secondary N) is 1. The second-order valence-corrected chi connectivity index (χ2v) is 3.74. The Morgan fingerprint density at radius 3 is 1.75 bits per heavy atom. The van der Waals surface area contributed by atoms with E-state index in [1.807, 2.05) is 0 Å². The molecule has 1 heterocycles. The van der Waals surface area contributed by atoms with Crippen LogP contribution < -0.4 is 5.32 Å². The van der Waals surface area contributed by atoms with Gasteiger partial charge < -0.3 is 14.8 Å². The third kappa shape index (κ3) is 4.37. The summed E-state index contributed by atoms with van der Waals surface area (Å²) < 4.78 is 9.22. The molecule has 0 aromatic heterocycles. The summed E-state index contributed by atoms with van der Waals surface area (Å²) in [6.45, 7) is 1.52. The summed E-state index contributed by atoms with van der Waals surface area (Å²) in [5.74, 6) is -0.0924. The number of carbonyl (C=O) groups is 2. The lowest BCUT2D eigenvalue weighted by molar-refractivity contribution is -0.144. The quantitative estimate of drug-likeness (QED) is 0.732. The van der Waals surface area contributed by atoms with E-state index in [9.17, 15) is 9.59 Å². The summed E-state index contributed by atoms with van der Waals surface area (Å²) in [5.41, 5.74) is 0. The molecule has 0 bridgehead atoms. The van der Waals surface area contributed by atoms with Gasteiger partial charge in [0.05, 0.1) is 14.2 Å². The molecule has 1 rings (SSSR count). The van der Waals surface area contributed by atoms with Crippen LogP contribution in [0.5, 0.6) is 0 Å². The number of halogens is 1. The Morgan fingerprint density at radius 1 is 1.06 bits per heavy atom. The molecule has 0 saturated carbocycles. The zero-order valence-electron chi connectivity index (χ0n) is 9.52. The molecule has 1 N–H and O–H groups in total. The molecule has 1 fully saturated rings. The molecule has 0 amide bonds. The maximum Gasteiger partial charge on any atom is 0.305 e. The van der Waals surface area contributed by atoms with Crippen molar-refractivity contribution in [3.8, 4) is 0 Å². The van der Waals surface area contributed by atoms with Crippen molar-refractivity contribution >= 4 is 24.3 Å². The second kappa shape index (κ2) is 7.46. The summed E-state index contributed by atoms with van der Waals surface area (Å²) in [7, 11) is 2.75. The van der Waals surface area contributed by atoms with Crippen LogP contribution in [0.2, 0.25) is 0 Å². The fraction of sp³-hybridized carbons (Fsp3) is 0.800. The monoisotopic (exact) mass is 251 g/mol. The van der Waals surface area contributed by atoms with Crippen molar-refractivity contribution in [1.82, 2.24) is 5.32 Å². The molecule has 0 aliphatic carbocycles. The summed E-state index contributed by atoms with van der Waals surface area (Å²) in [4.78, 5) is 22.2. The SMILES string of the molecule is COC(=O)C[C@@H]1CNC[C@H]1CC(=O)OC.Cl. The molecule has 94 valence electrons. The maximum atomic E-state index is 11.1. The highest BCUT2D eigenvalue weighted by atomic mass is 35.5. The van der Waals surface area contributed by atoms with E-state index in [1.165, 1.54) is 14.2 Å². The number of rotatable bonds is 4. The first kappa shape index (κ1) is 15.2. The van der Waals surface area contributed by atoms with Crippen LogP contribution in [0.25, 0.3) is 0 Å². The van der Waals surface area contributed by atoms with Crippen LogP contribution in [0.4, 0.5) is 0 Å². The number of ether oxygens (including phenoxy) is 2. The van der Waals surface area contributed by atoms with Crippen molar-refractivity contribution < 1.29 is 19.1 Å². The van der Waals surface area contributed by atoms with Gasteiger partial charge in [-0.05, 0) is 24.9 Å². The summed E-state index contributed by atoms with van der Waals surface area (Å²) in [5, 5.41) is 3.17. The molecule has 0 radical (unpaired) electrons. The smallest absolute Gasteiger partial charge is 0.305 e.